The maximum atomic E-state index is 6.05. The maximum absolute atomic E-state index is 6.05. The first kappa shape index (κ1) is 12.1. The highest BCUT2D eigenvalue weighted by molar-refractivity contribution is 7.71. The van der Waals surface area contributed by atoms with Crippen LogP contribution in [0.3, 0.4) is 0 Å². The summed E-state index contributed by atoms with van der Waals surface area (Å²) in [6, 6.07) is 0. The fourth-order valence-corrected chi connectivity index (χ4v) is 3.76. The van der Waals surface area contributed by atoms with Crippen LogP contribution in [0.4, 0.5) is 5.82 Å². The van der Waals surface area contributed by atoms with Crippen LogP contribution in [-0.4, -0.2) is 16.1 Å². The molecule has 0 aromatic carbocycles. The molecule has 0 spiro atoms. The molecule has 3 heterocycles. The molecule has 96 valence electrons. The minimum atomic E-state index is 0.262. The van der Waals surface area contributed by atoms with E-state index in [0.717, 1.165) is 16.6 Å². The van der Waals surface area contributed by atoms with E-state index in [1.807, 2.05) is 0 Å². The fraction of sp³-hybridized carbons (Fsp3) is 0.500. The van der Waals surface area contributed by atoms with Crippen molar-refractivity contribution in [3.8, 4) is 0 Å². The highest BCUT2D eigenvalue weighted by atomic mass is 32.1. The third-order valence-electron chi connectivity index (χ3n) is 3.36. The Bertz CT molecular complexity index is 659. The molecule has 2 aromatic rings. The normalized spacial score (nSPS) is 19.4. The highest BCUT2D eigenvalue weighted by Gasteiger charge is 2.26. The SMILES string of the molecule is CC(C)C1Cc2c(sc3nc(=S)[nH]c(N)c23)CO1. The van der Waals surface area contributed by atoms with Crippen LogP contribution in [0.1, 0.15) is 24.3 Å². The molecule has 0 radical (unpaired) electrons. The first-order valence-corrected chi connectivity index (χ1v) is 7.20. The van der Waals surface area contributed by atoms with Gasteiger partial charge in [0.25, 0.3) is 0 Å². The van der Waals surface area contributed by atoms with E-state index in [1.165, 1.54) is 10.4 Å². The monoisotopic (exact) mass is 281 g/mol. The minimum absolute atomic E-state index is 0.262. The lowest BCUT2D eigenvalue weighted by atomic mass is 9.96. The molecule has 4 nitrogen and oxygen atoms in total. The predicted molar refractivity (Wildman–Crippen MR) is 76.3 cm³/mol. The van der Waals surface area contributed by atoms with Crippen molar-refractivity contribution in [1.82, 2.24) is 9.97 Å². The molecule has 1 aliphatic rings. The molecule has 6 heteroatoms. The van der Waals surface area contributed by atoms with Gasteiger partial charge in [0.1, 0.15) is 10.6 Å². The molecule has 2 aromatic heterocycles. The van der Waals surface area contributed by atoms with Gasteiger partial charge in [-0.25, -0.2) is 4.98 Å². The topological polar surface area (TPSA) is 63.9 Å². The van der Waals surface area contributed by atoms with Crippen LogP contribution in [0.25, 0.3) is 10.2 Å². The Balaban J connectivity index is 2.18. The first-order chi connectivity index (χ1) is 8.56. The molecule has 0 bridgehead atoms. The van der Waals surface area contributed by atoms with Gasteiger partial charge in [-0.2, -0.15) is 0 Å². The second kappa shape index (κ2) is 4.29. The average molecular weight is 281 g/mol. The molecule has 3 N–H and O–H groups in total. The molecule has 1 unspecified atom stereocenters. The number of nitrogens with zero attached hydrogens (tertiary/aromatic N) is 1. The molecule has 0 saturated heterocycles. The van der Waals surface area contributed by atoms with Gasteiger partial charge in [0.2, 0.25) is 0 Å². The summed E-state index contributed by atoms with van der Waals surface area (Å²) < 4.78 is 6.32. The van der Waals surface area contributed by atoms with Crippen molar-refractivity contribution in [2.24, 2.45) is 5.92 Å². The number of nitrogens with two attached hydrogens (primary N) is 1. The Morgan fingerprint density at radius 1 is 1.56 bits per heavy atom. The van der Waals surface area contributed by atoms with E-state index in [9.17, 15) is 0 Å². The number of nitrogens with one attached hydrogen (secondary N) is 1. The zero-order valence-corrected chi connectivity index (χ0v) is 12.0. The quantitative estimate of drug-likeness (QED) is 0.789. The van der Waals surface area contributed by atoms with Crippen molar-refractivity contribution >= 4 is 39.6 Å². The molecular formula is C12H15N3OS2. The van der Waals surface area contributed by atoms with E-state index in [0.29, 0.717) is 23.1 Å². The molecule has 0 fully saturated rings. The van der Waals surface area contributed by atoms with Crippen molar-refractivity contribution in [2.75, 3.05) is 5.73 Å². The Hall–Kier alpha value is -0.980. The lowest BCUT2D eigenvalue weighted by Crippen LogP contribution is -2.26. The van der Waals surface area contributed by atoms with Gasteiger partial charge in [-0.3, -0.25) is 0 Å². The van der Waals surface area contributed by atoms with Gasteiger partial charge < -0.3 is 15.5 Å². The second-order valence-electron chi connectivity index (χ2n) is 4.94. The number of H-pyrrole nitrogens is 1. The van der Waals surface area contributed by atoms with Crippen molar-refractivity contribution < 1.29 is 4.74 Å². The summed E-state index contributed by atoms with van der Waals surface area (Å²) >= 11 is 6.70. The van der Waals surface area contributed by atoms with Crippen molar-refractivity contribution in [1.29, 1.82) is 0 Å². The largest absolute Gasteiger partial charge is 0.385 e. The van der Waals surface area contributed by atoms with E-state index in [2.05, 4.69) is 23.8 Å². The van der Waals surface area contributed by atoms with Crippen LogP contribution in [0.15, 0.2) is 0 Å². The van der Waals surface area contributed by atoms with E-state index in [4.69, 9.17) is 22.7 Å². The maximum Gasteiger partial charge on any atom is 0.199 e. The summed E-state index contributed by atoms with van der Waals surface area (Å²) in [5, 5.41) is 1.04. The molecule has 0 aliphatic carbocycles. The first-order valence-electron chi connectivity index (χ1n) is 5.98. The third kappa shape index (κ3) is 1.84. The predicted octanol–water partition coefficient (Wildman–Crippen LogP) is 3.03. The van der Waals surface area contributed by atoms with Gasteiger partial charge >= 0.3 is 0 Å². The Morgan fingerprint density at radius 2 is 2.33 bits per heavy atom. The Labute approximate surface area is 114 Å². The van der Waals surface area contributed by atoms with Crippen LogP contribution in [-0.2, 0) is 17.8 Å². The highest BCUT2D eigenvalue weighted by Crippen LogP contribution is 2.38. The van der Waals surface area contributed by atoms with E-state index < -0.39 is 0 Å². The summed E-state index contributed by atoms with van der Waals surface area (Å²) in [6.07, 6.45) is 1.17. The molecule has 0 saturated carbocycles. The number of rotatable bonds is 1. The number of aromatic nitrogens is 2. The van der Waals surface area contributed by atoms with Gasteiger partial charge in [0.15, 0.2) is 4.77 Å². The smallest absolute Gasteiger partial charge is 0.199 e. The van der Waals surface area contributed by atoms with Gasteiger partial charge in [-0.05, 0) is 23.7 Å². The second-order valence-corrected chi connectivity index (χ2v) is 6.41. The van der Waals surface area contributed by atoms with Crippen LogP contribution in [0.5, 0.6) is 0 Å². The van der Waals surface area contributed by atoms with Crippen LogP contribution >= 0.6 is 23.6 Å². The summed E-state index contributed by atoms with van der Waals surface area (Å²) in [6.45, 7) is 5.02. The number of hydrogen-bond donors (Lipinski definition) is 2. The van der Waals surface area contributed by atoms with Crippen LogP contribution < -0.4 is 5.73 Å². The number of aromatic amines is 1. The number of anilines is 1. The molecular weight excluding hydrogens is 266 g/mol. The zero-order chi connectivity index (χ0) is 12.9. The number of fused-ring (bicyclic) bond motifs is 3. The summed E-state index contributed by atoms with van der Waals surface area (Å²) in [4.78, 5) is 9.45. The summed E-state index contributed by atoms with van der Waals surface area (Å²) in [7, 11) is 0. The van der Waals surface area contributed by atoms with Gasteiger partial charge in [0, 0.05) is 11.3 Å². The Morgan fingerprint density at radius 3 is 3.06 bits per heavy atom. The fourth-order valence-electron chi connectivity index (χ4n) is 2.36. The number of nitrogen functional groups attached to an aromatic ring is 1. The molecule has 1 atom stereocenters. The summed E-state index contributed by atoms with van der Waals surface area (Å²) in [5.41, 5.74) is 7.34. The van der Waals surface area contributed by atoms with Crippen molar-refractivity contribution in [2.45, 2.75) is 33.0 Å². The van der Waals surface area contributed by atoms with Crippen LogP contribution in [0.2, 0.25) is 0 Å². The van der Waals surface area contributed by atoms with Crippen LogP contribution in [0, 0.1) is 10.7 Å². The van der Waals surface area contributed by atoms with Gasteiger partial charge in [-0.15, -0.1) is 11.3 Å². The van der Waals surface area contributed by atoms with E-state index >= 15 is 0 Å². The van der Waals surface area contributed by atoms with E-state index in [-0.39, 0.29) is 6.10 Å². The Kier molecular flexibility index (Phi) is 2.88. The lowest BCUT2D eigenvalue weighted by Gasteiger charge is -2.26. The lowest BCUT2D eigenvalue weighted by molar-refractivity contribution is 0.00203. The van der Waals surface area contributed by atoms with Crippen molar-refractivity contribution in [3.05, 3.63) is 15.2 Å². The average Bonchev–Trinajstić information content (AvgIpc) is 2.65. The number of thiophene rings is 1. The third-order valence-corrected chi connectivity index (χ3v) is 4.66. The molecule has 0 amide bonds. The standard InChI is InChI=1S/C12H15N3OS2/c1-5(2)7-3-6-8(4-16-7)18-11-9(6)10(13)14-12(17)15-11/h5,7H,3-4H2,1-2H3,(H3,13,14,15,17). The van der Waals surface area contributed by atoms with Crippen molar-refractivity contribution in [3.63, 3.8) is 0 Å². The van der Waals surface area contributed by atoms with Gasteiger partial charge in [0.05, 0.1) is 18.1 Å². The molecule has 3 rings (SSSR count). The van der Waals surface area contributed by atoms with Gasteiger partial charge in [-0.1, -0.05) is 13.8 Å². The minimum Gasteiger partial charge on any atom is -0.385 e. The zero-order valence-electron chi connectivity index (χ0n) is 10.3. The number of hydrogen-bond acceptors (Lipinski definition) is 5. The summed E-state index contributed by atoms with van der Waals surface area (Å²) in [5.74, 6) is 1.14. The molecule has 1 aliphatic heterocycles. The number of ether oxygens (including phenoxy) is 1. The van der Waals surface area contributed by atoms with E-state index in [1.54, 1.807) is 11.3 Å². The molecule has 18 heavy (non-hydrogen) atoms.